The number of aliphatic hydroxyl groups excluding tert-OH is 1. The van der Waals surface area contributed by atoms with Crippen molar-refractivity contribution in [2.45, 2.75) is 20.5 Å². The molecular formula is C12H12N2OS. The van der Waals surface area contributed by atoms with Gasteiger partial charge in [-0.05, 0) is 31.5 Å². The summed E-state index contributed by atoms with van der Waals surface area (Å²) < 4.78 is 1.96. The summed E-state index contributed by atoms with van der Waals surface area (Å²) in [5, 5.41) is 19.1. The molecule has 0 atom stereocenters. The summed E-state index contributed by atoms with van der Waals surface area (Å²) in [7, 11) is 0. The van der Waals surface area contributed by atoms with Gasteiger partial charge in [-0.1, -0.05) is 0 Å². The van der Waals surface area contributed by atoms with Crippen LogP contribution in [0.3, 0.4) is 0 Å². The lowest BCUT2D eigenvalue weighted by molar-refractivity contribution is 0.281. The standard InChI is InChI=1S/C12H12N2OS/c1-8-5-11(6-13)12(16-8)14-4-3-10(7-15)9(14)2/h3-5,15H,7H2,1-2H3. The largest absolute Gasteiger partial charge is 0.392 e. The van der Waals surface area contributed by atoms with Gasteiger partial charge in [0.25, 0.3) is 0 Å². The number of thiophene rings is 1. The Labute approximate surface area is 98.2 Å². The van der Waals surface area contributed by atoms with Crippen LogP contribution in [-0.2, 0) is 6.61 Å². The molecule has 0 bridgehead atoms. The van der Waals surface area contributed by atoms with E-state index in [9.17, 15) is 0 Å². The topological polar surface area (TPSA) is 49.0 Å². The maximum absolute atomic E-state index is 9.14. The highest BCUT2D eigenvalue weighted by Crippen LogP contribution is 2.27. The number of aryl methyl sites for hydroxylation is 1. The molecule has 2 aromatic heterocycles. The molecule has 0 fully saturated rings. The second kappa shape index (κ2) is 4.12. The first-order valence-electron chi connectivity index (χ1n) is 4.96. The van der Waals surface area contributed by atoms with Crippen molar-refractivity contribution in [1.29, 1.82) is 5.26 Å². The number of hydrogen-bond donors (Lipinski definition) is 1. The van der Waals surface area contributed by atoms with E-state index in [4.69, 9.17) is 10.4 Å². The average Bonchev–Trinajstić information content (AvgIpc) is 2.81. The first kappa shape index (κ1) is 10.9. The average molecular weight is 232 g/mol. The Kier molecular flexibility index (Phi) is 2.82. The molecule has 3 nitrogen and oxygen atoms in total. The molecule has 0 aromatic carbocycles. The first-order chi connectivity index (χ1) is 7.67. The molecule has 0 spiro atoms. The Bertz CT molecular complexity index is 560. The third-order valence-corrected chi connectivity index (χ3v) is 3.65. The number of aromatic nitrogens is 1. The van der Waals surface area contributed by atoms with Crippen molar-refractivity contribution in [2.75, 3.05) is 0 Å². The lowest BCUT2D eigenvalue weighted by atomic mass is 10.3. The van der Waals surface area contributed by atoms with Crippen molar-refractivity contribution in [3.05, 3.63) is 40.0 Å². The number of hydrogen-bond acceptors (Lipinski definition) is 3. The van der Waals surface area contributed by atoms with Crippen molar-refractivity contribution < 1.29 is 5.11 Å². The van der Waals surface area contributed by atoms with E-state index in [1.165, 1.54) is 0 Å². The van der Waals surface area contributed by atoms with E-state index in [0.29, 0.717) is 5.56 Å². The fraction of sp³-hybridized carbons (Fsp3) is 0.250. The van der Waals surface area contributed by atoms with Crippen LogP contribution in [0.1, 0.15) is 21.7 Å². The van der Waals surface area contributed by atoms with Gasteiger partial charge in [-0.25, -0.2) is 0 Å². The molecule has 16 heavy (non-hydrogen) atoms. The molecule has 2 aromatic rings. The van der Waals surface area contributed by atoms with Crippen LogP contribution in [0.5, 0.6) is 0 Å². The van der Waals surface area contributed by atoms with Gasteiger partial charge >= 0.3 is 0 Å². The van der Waals surface area contributed by atoms with Gasteiger partial charge < -0.3 is 9.67 Å². The predicted molar refractivity (Wildman–Crippen MR) is 63.8 cm³/mol. The van der Waals surface area contributed by atoms with Crippen LogP contribution in [0.25, 0.3) is 5.00 Å². The van der Waals surface area contributed by atoms with Gasteiger partial charge in [0.2, 0.25) is 0 Å². The van der Waals surface area contributed by atoms with E-state index in [1.54, 1.807) is 11.3 Å². The van der Waals surface area contributed by atoms with E-state index in [2.05, 4.69) is 6.07 Å². The van der Waals surface area contributed by atoms with Crippen LogP contribution in [0.15, 0.2) is 18.3 Å². The van der Waals surface area contributed by atoms with Gasteiger partial charge in [0.15, 0.2) is 0 Å². The minimum Gasteiger partial charge on any atom is -0.392 e. The van der Waals surface area contributed by atoms with Crippen LogP contribution in [-0.4, -0.2) is 9.67 Å². The highest BCUT2D eigenvalue weighted by Gasteiger charge is 2.12. The highest BCUT2D eigenvalue weighted by atomic mass is 32.1. The fourth-order valence-corrected chi connectivity index (χ4v) is 2.69. The van der Waals surface area contributed by atoms with Gasteiger partial charge in [0.05, 0.1) is 12.2 Å². The van der Waals surface area contributed by atoms with Gasteiger partial charge in [-0.3, -0.25) is 0 Å². The molecule has 0 aliphatic carbocycles. The molecule has 0 saturated carbocycles. The Morgan fingerprint density at radius 3 is 2.81 bits per heavy atom. The fourth-order valence-electron chi connectivity index (χ4n) is 1.70. The second-order valence-corrected chi connectivity index (χ2v) is 4.88. The lowest BCUT2D eigenvalue weighted by Crippen LogP contribution is -1.95. The molecule has 2 rings (SSSR count). The van der Waals surface area contributed by atoms with Crippen molar-refractivity contribution in [1.82, 2.24) is 4.57 Å². The summed E-state index contributed by atoms with van der Waals surface area (Å²) in [4.78, 5) is 1.12. The molecule has 0 saturated heterocycles. The smallest absolute Gasteiger partial charge is 0.118 e. The lowest BCUT2D eigenvalue weighted by Gasteiger charge is -2.04. The zero-order chi connectivity index (χ0) is 11.7. The van der Waals surface area contributed by atoms with E-state index in [1.807, 2.05) is 36.7 Å². The van der Waals surface area contributed by atoms with E-state index in [0.717, 1.165) is 21.1 Å². The minimum absolute atomic E-state index is 0.0328. The quantitative estimate of drug-likeness (QED) is 0.865. The van der Waals surface area contributed by atoms with E-state index >= 15 is 0 Å². The first-order valence-corrected chi connectivity index (χ1v) is 5.77. The summed E-state index contributed by atoms with van der Waals surface area (Å²) in [5.74, 6) is 0. The number of aliphatic hydroxyl groups is 1. The van der Waals surface area contributed by atoms with Crippen LogP contribution < -0.4 is 0 Å². The van der Waals surface area contributed by atoms with Gasteiger partial charge in [-0.15, -0.1) is 11.3 Å². The molecule has 4 heteroatoms. The molecule has 0 aliphatic rings. The van der Waals surface area contributed by atoms with Crippen molar-refractivity contribution in [3.63, 3.8) is 0 Å². The Morgan fingerprint density at radius 1 is 1.50 bits per heavy atom. The second-order valence-electron chi connectivity index (χ2n) is 3.64. The van der Waals surface area contributed by atoms with Crippen molar-refractivity contribution >= 4 is 11.3 Å². The molecule has 2 heterocycles. The van der Waals surface area contributed by atoms with E-state index in [-0.39, 0.29) is 6.61 Å². The van der Waals surface area contributed by atoms with Gasteiger partial charge in [0, 0.05) is 16.8 Å². The SMILES string of the molecule is Cc1cc(C#N)c(-n2ccc(CO)c2C)s1. The Morgan fingerprint density at radius 2 is 2.25 bits per heavy atom. The molecule has 1 N–H and O–H groups in total. The summed E-state index contributed by atoms with van der Waals surface area (Å²) >= 11 is 1.59. The zero-order valence-electron chi connectivity index (χ0n) is 9.19. The van der Waals surface area contributed by atoms with Crippen LogP contribution in [0.2, 0.25) is 0 Å². The maximum Gasteiger partial charge on any atom is 0.118 e. The number of nitrogens with zero attached hydrogens (tertiary/aromatic N) is 2. The van der Waals surface area contributed by atoms with Crippen LogP contribution in [0, 0.1) is 25.2 Å². The zero-order valence-corrected chi connectivity index (χ0v) is 10.0. The molecule has 82 valence electrons. The van der Waals surface area contributed by atoms with Gasteiger partial charge in [-0.2, -0.15) is 5.26 Å². The Balaban J connectivity index is 2.59. The highest BCUT2D eigenvalue weighted by molar-refractivity contribution is 7.14. The summed E-state index contributed by atoms with van der Waals surface area (Å²) in [6, 6.07) is 5.96. The van der Waals surface area contributed by atoms with E-state index < -0.39 is 0 Å². The third-order valence-electron chi connectivity index (χ3n) is 2.60. The number of nitriles is 1. The van der Waals surface area contributed by atoms with Crippen LogP contribution in [0.4, 0.5) is 0 Å². The summed E-state index contributed by atoms with van der Waals surface area (Å²) in [5.41, 5.74) is 2.57. The molecule has 0 amide bonds. The summed E-state index contributed by atoms with van der Waals surface area (Å²) in [6.45, 7) is 3.97. The molecule has 0 aliphatic heterocycles. The summed E-state index contributed by atoms with van der Waals surface area (Å²) in [6.07, 6.45) is 1.90. The minimum atomic E-state index is 0.0328. The predicted octanol–water partition coefficient (Wildman–Crippen LogP) is 2.52. The van der Waals surface area contributed by atoms with Gasteiger partial charge in [0.1, 0.15) is 11.1 Å². The Hall–Kier alpha value is -1.57. The maximum atomic E-state index is 9.14. The third kappa shape index (κ3) is 1.64. The van der Waals surface area contributed by atoms with Crippen molar-refractivity contribution in [2.24, 2.45) is 0 Å². The van der Waals surface area contributed by atoms with Crippen LogP contribution >= 0.6 is 11.3 Å². The molecule has 0 radical (unpaired) electrons. The van der Waals surface area contributed by atoms with Crippen molar-refractivity contribution in [3.8, 4) is 11.1 Å². The molecule has 0 unspecified atom stereocenters. The monoisotopic (exact) mass is 232 g/mol. The normalized spacial score (nSPS) is 10.4. The molecular weight excluding hydrogens is 220 g/mol. The number of rotatable bonds is 2.